The van der Waals surface area contributed by atoms with Gasteiger partial charge in [-0.15, -0.1) is 0 Å². The molecule has 1 aliphatic heterocycles. The third-order valence-corrected chi connectivity index (χ3v) is 5.64. The van der Waals surface area contributed by atoms with Gasteiger partial charge in [-0.1, -0.05) is 18.2 Å². The Morgan fingerprint density at radius 3 is 2.67 bits per heavy atom. The first kappa shape index (κ1) is 19.9. The molecule has 2 atom stereocenters. The van der Waals surface area contributed by atoms with Crippen molar-refractivity contribution in [3.63, 3.8) is 0 Å². The molecule has 0 aromatic carbocycles. The molecule has 1 amide bonds. The maximum Gasteiger partial charge on any atom is 0.416 e. The van der Waals surface area contributed by atoms with Gasteiger partial charge in [0.2, 0.25) is 0 Å². The van der Waals surface area contributed by atoms with Crippen LogP contribution in [0.15, 0.2) is 45.2 Å². The highest BCUT2D eigenvalue weighted by Gasteiger charge is 2.36. The molecule has 1 aromatic rings. The number of pyridine rings is 1. The molecule has 4 nitrogen and oxygen atoms in total. The zero-order valence-corrected chi connectivity index (χ0v) is 16.4. The number of halogens is 4. The third kappa shape index (κ3) is 4.05. The van der Waals surface area contributed by atoms with Crippen molar-refractivity contribution < 1.29 is 18.0 Å². The summed E-state index contributed by atoms with van der Waals surface area (Å²) in [5, 5.41) is 0. The van der Waals surface area contributed by atoms with Crippen molar-refractivity contribution in [3.8, 4) is 0 Å². The van der Waals surface area contributed by atoms with E-state index in [4.69, 9.17) is 0 Å². The molecule has 0 spiro atoms. The Morgan fingerprint density at radius 1 is 1.22 bits per heavy atom. The van der Waals surface area contributed by atoms with E-state index in [0.717, 1.165) is 6.08 Å². The molecule has 8 heteroatoms. The van der Waals surface area contributed by atoms with Gasteiger partial charge < -0.3 is 9.47 Å². The lowest BCUT2D eigenvalue weighted by Gasteiger charge is -2.40. The summed E-state index contributed by atoms with van der Waals surface area (Å²) in [5.41, 5.74) is -0.670. The van der Waals surface area contributed by atoms with E-state index >= 15 is 0 Å². The largest absolute Gasteiger partial charge is 0.416 e. The lowest BCUT2D eigenvalue weighted by molar-refractivity contribution is -0.0885. The third-order valence-electron chi connectivity index (χ3n) is 5.04. The predicted octanol–water partition coefficient (Wildman–Crippen LogP) is 4.44. The number of aromatic nitrogens is 1. The molecule has 0 saturated heterocycles. The number of carbonyl (C=O) groups excluding carboxylic acids is 1. The standard InChI is InChI=1S/C19H20BrF3N2O2/c1-12-11-24-16(10-9-15(20)17(24)26)18(27)25(12)14-6-4-2-3-5-13(7-8-14)19(21,22)23/h3,5,7,9-10,12,14H,2,4,6,8,11H2,1H3/b5-3-,13-7+. The minimum absolute atomic E-state index is 0.135. The maximum atomic E-state index is 13.1. The lowest BCUT2D eigenvalue weighted by atomic mass is 9.99. The first-order valence-corrected chi connectivity index (χ1v) is 9.65. The first-order chi connectivity index (χ1) is 12.7. The topological polar surface area (TPSA) is 42.3 Å². The molecule has 1 aromatic heterocycles. The number of rotatable bonds is 1. The summed E-state index contributed by atoms with van der Waals surface area (Å²) in [7, 11) is 0. The van der Waals surface area contributed by atoms with Gasteiger partial charge in [-0.2, -0.15) is 13.2 Å². The van der Waals surface area contributed by atoms with Gasteiger partial charge in [-0.05, 0) is 60.7 Å². The Hall–Kier alpha value is -1.83. The lowest BCUT2D eigenvalue weighted by Crippen LogP contribution is -2.54. The monoisotopic (exact) mass is 444 g/mol. The van der Waals surface area contributed by atoms with Gasteiger partial charge in [0.1, 0.15) is 5.69 Å². The quantitative estimate of drug-likeness (QED) is 0.642. The van der Waals surface area contributed by atoms with Crippen LogP contribution in [0.3, 0.4) is 0 Å². The Bertz CT molecular complexity index is 857. The average Bonchev–Trinajstić information content (AvgIpc) is 2.70. The fourth-order valence-corrected chi connectivity index (χ4v) is 4.07. The van der Waals surface area contributed by atoms with Crippen LogP contribution >= 0.6 is 15.9 Å². The zero-order valence-electron chi connectivity index (χ0n) is 14.8. The Labute approximate surface area is 163 Å². The van der Waals surface area contributed by atoms with E-state index in [0.29, 0.717) is 30.3 Å². The summed E-state index contributed by atoms with van der Waals surface area (Å²) in [6.45, 7) is 2.15. The van der Waals surface area contributed by atoms with Crippen molar-refractivity contribution in [2.24, 2.45) is 0 Å². The smallest absolute Gasteiger partial charge is 0.330 e. The van der Waals surface area contributed by atoms with Crippen molar-refractivity contribution in [3.05, 3.63) is 56.5 Å². The number of allylic oxidation sites excluding steroid dienone is 3. The zero-order chi connectivity index (χ0) is 19.8. The number of hydrogen-bond acceptors (Lipinski definition) is 2. The Balaban J connectivity index is 1.93. The molecule has 3 rings (SSSR count). The van der Waals surface area contributed by atoms with E-state index in [1.807, 2.05) is 6.92 Å². The maximum absolute atomic E-state index is 13.1. The van der Waals surface area contributed by atoms with Gasteiger partial charge >= 0.3 is 6.18 Å². The minimum Gasteiger partial charge on any atom is -0.330 e. The van der Waals surface area contributed by atoms with Gasteiger partial charge in [0.25, 0.3) is 11.5 Å². The van der Waals surface area contributed by atoms with E-state index in [9.17, 15) is 22.8 Å². The molecule has 2 aliphatic rings. The van der Waals surface area contributed by atoms with Crippen molar-refractivity contribution in [2.45, 2.75) is 57.4 Å². The van der Waals surface area contributed by atoms with Gasteiger partial charge in [0.05, 0.1) is 10.0 Å². The molecule has 0 bridgehead atoms. The number of carbonyl (C=O) groups is 1. The van der Waals surface area contributed by atoms with Crippen LogP contribution in [0.25, 0.3) is 0 Å². The van der Waals surface area contributed by atoms with Crippen LogP contribution in [-0.2, 0) is 6.54 Å². The fraction of sp³-hybridized carbons (Fsp3) is 0.474. The number of hydrogen-bond donors (Lipinski definition) is 0. The molecule has 0 fully saturated rings. The van der Waals surface area contributed by atoms with Crippen molar-refractivity contribution in [2.75, 3.05) is 0 Å². The number of alkyl halides is 3. The number of fused-ring (bicyclic) bond motifs is 1. The second kappa shape index (κ2) is 7.66. The highest BCUT2D eigenvalue weighted by Crippen LogP contribution is 2.31. The minimum atomic E-state index is -4.41. The predicted molar refractivity (Wildman–Crippen MR) is 99.6 cm³/mol. The van der Waals surface area contributed by atoms with Crippen LogP contribution in [-0.4, -0.2) is 33.6 Å². The second-order valence-electron chi connectivity index (χ2n) is 6.92. The van der Waals surface area contributed by atoms with Crippen molar-refractivity contribution in [1.29, 1.82) is 0 Å². The van der Waals surface area contributed by atoms with Gasteiger partial charge in [-0.3, -0.25) is 9.59 Å². The highest BCUT2D eigenvalue weighted by molar-refractivity contribution is 9.10. The Morgan fingerprint density at radius 2 is 1.96 bits per heavy atom. The van der Waals surface area contributed by atoms with E-state index in [1.54, 1.807) is 11.0 Å². The molecule has 2 unspecified atom stereocenters. The summed E-state index contributed by atoms with van der Waals surface area (Å²) >= 11 is 3.18. The van der Waals surface area contributed by atoms with Crippen LogP contribution in [0.2, 0.25) is 0 Å². The van der Waals surface area contributed by atoms with Crippen molar-refractivity contribution >= 4 is 21.8 Å². The molecule has 0 radical (unpaired) electrons. The summed E-state index contributed by atoms with van der Waals surface area (Å²) in [6.07, 6.45) is 1.41. The average molecular weight is 445 g/mol. The van der Waals surface area contributed by atoms with Gasteiger partial charge in [0, 0.05) is 18.6 Å². The number of amides is 1. The fourth-order valence-electron chi connectivity index (χ4n) is 3.72. The summed E-state index contributed by atoms with van der Waals surface area (Å²) in [4.78, 5) is 27.0. The SMILES string of the molecule is CC1Cn2c(ccc(Br)c2=O)C(=O)N1C1C/C=C(C(F)(F)F)\C=C/CCC1. The normalized spacial score (nSPS) is 27.1. The molecular weight excluding hydrogens is 425 g/mol. The van der Waals surface area contributed by atoms with E-state index < -0.39 is 11.7 Å². The molecule has 27 heavy (non-hydrogen) atoms. The highest BCUT2D eigenvalue weighted by atomic mass is 79.9. The van der Waals surface area contributed by atoms with Gasteiger partial charge in [-0.25, -0.2) is 0 Å². The van der Waals surface area contributed by atoms with Crippen LogP contribution in [0, 0.1) is 0 Å². The molecule has 2 heterocycles. The molecule has 0 saturated carbocycles. The number of nitrogens with zero attached hydrogens (tertiary/aromatic N) is 2. The summed E-state index contributed by atoms with van der Waals surface area (Å²) in [6, 6.07) is 2.51. The van der Waals surface area contributed by atoms with Crippen LogP contribution in [0.1, 0.15) is 43.1 Å². The summed E-state index contributed by atoms with van der Waals surface area (Å²) in [5.74, 6) is -0.308. The van der Waals surface area contributed by atoms with Crippen LogP contribution in [0.5, 0.6) is 0 Å². The van der Waals surface area contributed by atoms with Crippen LogP contribution < -0.4 is 5.56 Å². The van der Waals surface area contributed by atoms with E-state index in [-0.39, 0.29) is 35.7 Å². The molecule has 146 valence electrons. The molecule has 0 N–H and O–H groups in total. The van der Waals surface area contributed by atoms with Gasteiger partial charge in [0.15, 0.2) is 0 Å². The first-order valence-electron chi connectivity index (χ1n) is 8.86. The van der Waals surface area contributed by atoms with E-state index in [1.165, 1.54) is 22.8 Å². The van der Waals surface area contributed by atoms with E-state index in [2.05, 4.69) is 15.9 Å². The second-order valence-corrected chi connectivity index (χ2v) is 7.78. The van der Waals surface area contributed by atoms with Crippen molar-refractivity contribution in [1.82, 2.24) is 9.47 Å². The summed E-state index contributed by atoms with van der Waals surface area (Å²) < 4.78 is 41.3. The molecule has 1 aliphatic carbocycles. The Kier molecular flexibility index (Phi) is 5.65. The molecular formula is C19H20BrF3N2O2. The van der Waals surface area contributed by atoms with Crippen LogP contribution in [0.4, 0.5) is 13.2 Å².